The first-order chi connectivity index (χ1) is 12.7. The van der Waals surface area contributed by atoms with Crippen molar-refractivity contribution >= 4 is 45.0 Å². The van der Waals surface area contributed by atoms with Gasteiger partial charge in [-0.1, -0.05) is 35.9 Å². The third-order valence-electron chi connectivity index (χ3n) is 5.02. The zero-order chi connectivity index (χ0) is 17.7. The number of amides is 1. The average Bonchev–Trinajstić information content (AvgIpc) is 3.23. The Morgan fingerprint density at radius 2 is 1.77 bits per heavy atom. The molecule has 2 heterocycles. The summed E-state index contributed by atoms with van der Waals surface area (Å²) in [6.07, 6.45) is 0.460. The number of nitrogens with zero attached hydrogens (tertiary/aromatic N) is 2. The number of hydrogen-bond acceptors (Lipinski definition) is 2. The SMILES string of the molecule is O=C1CC(c2nc3cc4ccccc4cc3[nH]2)CN1c1ccc(Cl)cc1. The van der Waals surface area contributed by atoms with Gasteiger partial charge in [-0.15, -0.1) is 0 Å². The van der Waals surface area contributed by atoms with Crippen LogP contribution in [-0.4, -0.2) is 22.4 Å². The van der Waals surface area contributed by atoms with E-state index in [1.165, 1.54) is 10.8 Å². The average molecular weight is 362 g/mol. The number of aromatic amines is 1. The highest BCUT2D eigenvalue weighted by atomic mass is 35.5. The van der Waals surface area contributed by atoms with E-state index in [2.05, 4.69) is 29.2 Å². The maximum atomic E-state index is 12.5. The van der Waals surface area contributed by atoms with Crippen LogP contribution >= 0.6 is 11.6 Å². The molecule has 5 rings (SSSR count). The van der Waals surface area contributed by atoms with Crippen molar-refractivity contribution in [2.24, 2.45) is 0 Å². The van der Waals surface area contributed by atoms with Crippen LogP contribution in [0.15, 0.2) is 60.7 Å². The van der Waals surface area contributed by atoms with Crippen LogP contribution in [0.1, 0.15) is 18.2 Å². The molecule has 1 saturated heterocycles. The quantitative estimate of drug-likeness (QED) is 0.552. The summed E-state index contributed by atoms with van der Waals surface area (Å²) in [6.45, 7) is 0.625. The van der Waals surface area contributed by atoms with E-state index < -0.39 is 0 Å². The molecular weight excluding hydrogens is 346 g/mol. The molecule has 128 valence electrons. The Hall–Kier alpha value is -2.85. The molecule has 4 nitrogen and oxygen atoms in total. The van der Waals surface area contributed by atoms with Gasteiger partial charge < -0.3 is 9.88 Å². The van der Waals surface area contributed by atoms with Crippen molar-refractivity contribution in [3.05, 3.63) is 71.5 Å². The second kappa shape index (κ2) is 5.85. The number of carbonyl (C=O) groups excluding carboxylic acids is 1. The topological polar surface area (TPSA) is 49.0 Å². The number of hydrogen-bond donors (Lipinski definition) is 1. The van der Waals surface area contributed by atoms with E-state index in [1.54, 1.807) is 0 Å². The maximum absolute atomic E-state index is 12.5. The lowest BCUT2D eigenvalue weighted by Gasteiger charge is -2.16. The van der Waals surface area contributed by atoms with E-state index in [0.29, 0.717) is 18.0 Å². The van der Waals surface area contributed by atoms with Crippen LogP contribution in [0.2, 0.25) is 5.02 Å². The molecule has 1 unspecified atom stereocenters. The highest BCUT2D eigenvalue weighted by molar-refractivity contribution is 6.30. The molecule has 0 bridgehead atoms. The number of aromatic nitrogens is 2. The number of nitrogens with one attached hydrogen (secondary N) is 1. The van der Waals surface area contributed by atoms with E-state index in [1.807, 2.05) is 41.3 Å². The molecule has 1 N–H and O–H groups in total. The normalized spacial score (nSPS) is 17.5. The number of imidazole rings is 1. The van der Waals surface area contributed by atoms with Crippen LogP contribution < -0.4 is 4.90 Å². The summed E-state index contributed by atoms with van der Waals surface area (Å²) in [4.78, 5) is 22.5. The number of halogens is 1. The molecule has 1 atom stereocenters. The molecule has 1 aromatic heterocycles. The van der Waals surface area contributed by atoms with Crippen LogP contribution in [0.25, 0.3) is 21.8 Å². The van der Waals surface area contributed by atoms with Crippen molar-refractivity contribution in [3.8, 4) is 0 Å². The van der Waals surface area contributed by atoms with Gasteiger partial charge in [0.15, 0.2) is 0 Å². The van der Waals surface area contributed by atoms with Gasteiger partial charge >= 0.3 is 0 Å². The highest BCUT2D eigenvalue weighted by Crippen LogP contribution is 2.32. The lowest BCUT2D eigenvalue weighted by atomic mass is 10.1. The summed E-state index contributed by atoms with van der Waals surface area (Å²) < 4.78 is 0. The van der Waals surface area contributed by atoms with Crippen LogP contribution in [0, 0.1) is 0 Å². The summed E-state index contributed by atoms with van der Waals surface area (Å²) in [5.41, 5.74) is 2.83. The molecule has 1 aliphatic rings. The smallest absolute Gasteiger partial charge is 0.227 e. The molecule has 1 amide bonds. The minimum atomic E-state index is 0.0636. The number of fused-ring (bicyclic) bond motifs is 2. The van der Waals surface area contributed by atoms with E-state index >= 15 is 0 Å². The predicted molar refractivity (Wildman–Crippen MR) is 105 cm³/mol. The Morgan fingerprint density at radius 3 is 2.54 bits per heavy atom. The molecule has 26 heavy (non-hydrogen) atoms. The van der Waals surface area contributed by atoms with Gasteiger partial charge in [0.2, 0.25) is 5.91 Å². The van der Waals surface area contributed by atoms with Crippen LogP contribution in [0.5, 0.6) is 0 Å². The zero-order valence-electron chi connectivity index (χ0n) is 13.9. The summed E-state index contributed by atoms with van der Waals surface area (Å²) in [5.74, 6) is 1.05. The molecule has 1 fully saturated rings. The van der Waals surface area contributed by atoms with Gasteiger partial charge in [0.05, 0.1) is 11.0 Å². The number of H-pyrrole nitrogens is 1. The van der Waals surface area contributed by atoms with Crippen molar-refractivity contribution < 1.29 is 4.79 Å². The van der Waals surface area contributed by atoms with Gasteiger partial charge in [-0.2, -0.15) is 0 Å². The fourth-order valence-corrected chi connectivity index (χ4v) is 3.80. The minimum Gasteiger partial charge on any atom is -0.342 e. The van der Waals surface area contributed by atoms with Crippen molar-refractivity contribution in [2.45, 2.75) is 12.3 Å². The van der Waals surface area contributed by atoms with Crippen LogP contribution in [-0.2, 0) is 4.79 Å². The number of rotatable bonds is 2. The van der Waals surface area contributed by atoms with Crippen LogP contribution in [0.4, 0.5) is 5.69 Å². The summed E-state index contributed by atoms with van der Waals surface area (Å²) in [7, 11) is 0. The van der Waals surface area contributed by atoms with Gasteiger partial charge in [0.25, 0.3) is 0 Å². The molecule has 0 radical (unpaired) electrons. The monoisotopic (exact) mass is 361 g/mol. The molecule has 0 aliphatic carbocycles. The molecule has 4 aromatic rings. The maximum Gasteiger partial charge on any atom is 0.227 e. The fourth-order valence-electron chi connectivity index (χ4n) is 3.67. The summed E-state index contributed by atoms with van der Waals surface area (Å²) >= 11 is 5.95. The van der Waals surface area contributed by atoms with Gasteiger partial charge in [0.1, 0.15) is 5.82 Å². The van der Waals surface area contributed by atoms with Gasteiger partial charge in [-0.25, -0.2) is 4.98 Å². The summed E-state index contributed by atoms with van der Waals surface area (Å²) in [6, 6.07) is 19.8. The highest BCUT2D eigenvalue weighted by Gasteiger charge is 2.33. The van der Waals surface area contributed by atoms with Crippen molar-refractivity contribution in [1.29, 1.82) is 0 Å². The van der Waals surface area contributed by atoms with Crippen molar-refractivity contribution in [1.82, 2.24) is 9.97 Å². The molecule has 0 saturated carbocycles. The molecule has 0 spiro atoms. The van der Waals surface area contributed by atoms with Crippen molar-refractivity contribution in [2.75, 3.05) is 11.4 Å². The Labute approximate surface area is 155 Å². The molecule has 3 aromatic carbocycles. The fraction of sp³-hybridized carbons (Fsp3) is 0.143. The second-order valence-corrected chi connectivity index (χ2v) is 7.16. The van der Waals surface area contributed by atoms with E-state index in [0.717, 1.165) is 22.5 Å². The Morgan fingerprint density at radius 1 is 1.04 bits per heavy atom. The Balaban J connectivity index is 1.49. The zero-order valence-corrected chi connectivity index (χ0v) is 14.7. The van der Waals surface area contributed by atoms with Gasteiger partial charge in [-0.05, 0) is 47.2 Å². The second-order valence-electron chi connectivity index (χ2n) is 6.72. The summed E-state index contributed by atoms with van der Waals surface area (Å²) in [5, 5.41) is 3.02. The first-order valence-electron chi connectivity index (χ1n) is 8.62. The standard InChI is InChI=1S/C21H16ClN3O/c22-16-5-7-17(8-6-16)25-12-15(11-20(25)26)21-23-18-9-13-3-1-2-4-14(13)10-19(18)24-21/h1-10,15H,11-12H2,(H,23,24). The largest absolute Gasteiger partial charge is 0.342 e. The number of carbonyl (C=O) groups is 1. The third kappa shape index (κ3) is 2.54. The predicted octanol–water partition coefficient (Wildman–Crippen LogP) is 4.89. The first-order valence-corrected chi connectivity index (χ1v) is 8.99. The van der Waals surface area contributed by atoms with Gasteiger partial charge in [-0.3, -0.25) is 4.79 Å². The van der Waals surface area contributed by atoms with E-state index in [4.69, 9.17) is 16.6 Å². The molecular formula is C21H16ClN3O. The Kier molecular flexibility index (Phi) is 3.47. The lowest BCUT2D eigenvalue weighted by molar-refractivity contribution is -0.117. The number of benzene rings is 3. The third-order valence-corrected chi connectivity index (χ3v) is 5.27. The number of anilines is 1. The van der Waals surface area contributed by atoms with Gasteiger partial charge in [0, 0.05) is 29.6 Å². The van der Waals surface area contributed by atoms with E-state index in [-0.39, 0.29) is 11.8 Å². The van der Waals surface area contributed by atoms with E-state index in [9.17, 15) is 4.79 Å². The van der Waals surface area contributed by atoms with Crippen molar-refractivity contribution in [3.63, 3.8) is 0 Å². The Bertz CT molecular complexity index is 1080. The first kappa shape index (κ1) is 15.4. The van der Waals surface area contributed by atoms with Crippen LogP contribution in [0.3, 0.4) is 0 Å². The lowest BCUT2D eigenvalue weighted by Crippen LogP contribution is -2.24. The molecule has 5 heteroatoms. The minimum absolute atomic E-state index is 0.0636. The molecule has 1 aliphatic heterocycles.